The Bertz CT molecular complexity index is 983. The first-order valence-corrected chi connectivity index (χ1v) is 7.66. The Kier molecular flexibility index (Phi) is 4.48. The van der Waals surface area contributed by atoms with Gasteiger partial charge in [-0.1, -0.05) is 17.7 Å². The zero-order valence-corrected chi connectivity index (χ0v) is 13.9. The monoisotopic (exact) mass is 359 g/mol. The van der Waals surface area contributed by atoms with Gasteiger partial charge in [-0.25, -0.2) is 9.79 Å². The number of aromatic nitrogens is 4. The average molecular weight is 360 g/mol. The highest BCUT2D eigenvalue weighted by atomic mass is 35.5. The Morgan fingerprint density at radius 1 is 1.40 bits per heavy atom. The van der Waals surface area contributed by atoms with E-state index in [1.165, 1.54) is 10.7 Å². The predicted octanol–water partition coefficient (Wildman–Crippen LogP) is 1.57. The fraction of sp³-hybridized carbons (Fsp3) is 0.133. The normalized spacial score (nSPS) is 11.7. The van der Waals surface area contributed by atoms with Crippen molar-refractivity contribution < 1.29 is 9.53 Å². The maximum atomic E-state index is 11.9. The van der Waals surface area contributed by atoms with Crippen molar-refractivity contribution in [1.29, 1.82) is 0 Å². The molecule has 10 heteroatoms. The van der Waals surface area contributed by atoms with Gasteiger partial charge < -0.3 is 16.2 Å². The molecule has 0 radical (unpaired) electrons. The smallest absolute Gasteiger partial charge is 0.343 e. The van der Waals surface area contributed by atoms with Crippen molar-refractivity contribution in [3.8, 4) is 0 Å². The molecule has 0 saturated heterocycles. The number of nitrogens with zero attached hydrogens (tertiary/aromatic N) is 5. The van der Waals surface area contributed by atoms with Crippen LogP contribution in [0.2, 0.25) is 5.02 Å². The van der Waals surface area contributed by atoms with Crippen molar-refractivity contribution in [3.05, 3.63) is 46.7 Å². The van der Waals surface area contributed by atoms with E-state index in [4.69, 9.17) is 27.8 Å². The number of rotatable bonds is 4. The number of amidine groups is 1. The van der Waals surface area contributed by atoms with Gasteiger partial charge in [0.1, 0.15) is 5.56 Å². The van der Waals surface area contributed by atoms with Crippen molar-refractivity contribution in [2.75, 3.05) is 12.3 Å². The van der Waals surface area contributed by atoms with Gasteiger partial charge in [0.2, 0.25) is 0 Å². The summed E-state index contributed by atoms with van der Waals surface area (Å²) < 4.78 is 6.20. The average Bonchev–Trinajstić information content (AvgIpc) is 3.00. The maximum Gasteiger partial charge on any atom is 0.343 e. The molecule has 0 saturated carbocycles. The summed E-state index contributed by atoms with van der Waals surface area (Å²) in [7, 11) is 0. The third-order valence-electron chi connectivity index (χ3n) is 3.26. The van der Waals surface area contributed by atoms with Gasteiger partial charge in [-0.15, -0.1) is 10.2 Å². The molecule has 25 heavy (non-hydrogen) atoms. The largest absolute Gasteiger partial charge is 0.462 e. The summed E-state index contributed by atoms with van der Waals surface area (Å²) >= 11 is 5.92. The zero-order chi connectivity index (χ0) is 18.0. The minimum atomic E-state index is -0.556. The van der Waals surface area contributed by atoms with E-state index in [-0.39, 0.29) is 35.2 Å². The molecule has 0 aliphatic rings. The van der Waals surface area contributed by atoms with Crippen LogP contribution in [-0.2, 0) is 4.74 Å². The van der Waals surface area contributed by atoms with Crippen LogP contribution in [0.5, 0.6) is 0 Å². The van der Waals surface area contributed by atoms with Crippen LogP contribution < -0.4 is 11.5 Å². The SMILES string of the molecule is CCOC(=O)c1cnn2c(N)c(C(N)=Nc3cccc(Cl)c3)nnc12. The number of nitrogens with two attached hydrogens (primary N) is 2. The molecule has 3 aromatic rings. The first-order chi connectivity index (χ1) is 12.0. The second kappa shape index (κ2) is 6.73. The lowest BCUT2D eigenvalue weighted by atomic mass is 10.3. The second-order valence-electron chi connectivity index (χ2n) is 4.92. The van der Waals surface area contributed by atoms with Crippen LogP contribution in [0.1, 0.15) is 23.0 Å². The van der Waals surface area contributed by atoms with Crippen molar-refractivity contribution in [2.45, 2.75) is 6.92 Å². The van der Waals surface area contributed by atoms with E-state index in [0.29, 0.717) is 10.7 Å². The minimum Gasteiger partial charge on any atom is -0.462 e. The Labute approximate surface area is 147 Å². The van der Waals surface area contributed by atoms with Gasteiger partial charge in [0.15, 0.2) is 23.0 Å². The van der Waals surface area contributed by atoms with Crippen molar-refractivity contribution in [3.63, 3.8) is 0 Å². The summed E-state index contributed by atoms with van der Waals surface area (Å²) in [6, 6.07) is 6.83. The summed E-state index contributed by atoms with van der Waals surface area (Å²) in [6.07, 6.45) is 1.31. The van der Waals surface area contributed by atoms with E-state index < -0.39 is 5.97 Å². The number of fused-ring (bicyclic) bond motifs is 1. The van der Waals surface area contributed by atoms with Crippen LogP contribution in [0, 0.1) is 0 Å². The van der Waals surface area contributed by atoms with Crippen molar-refractivity contribution >= 4 is 40.6 Å². The van der Waals surface area contributed by atoms with E-state index in [9.17, 15) is 4.79 Å². The number of nitrogen functional groups attached to an aromatic ring is 1. The van der Waals surface area contributed by atoms with Crippen LogP contribution in [0.25, 0.3) is 5.65 Å². The predicted molar refractivity (Wildman–Crippen MR) is 93.0 cm³/mol. The molecule has 0 spiro atoms. The highest BCUT2D eigenvalue weighted by molar-refractivity contribution is 6.30. The Balaban J connectivity index is 2.03. The van der Waals surface area contributed by atoms with E-state index >= 15 is 0 Å². The molecule has 9 nitrogen and oxygen atoms in total. The van der Waals surface area contributed by atoms with Gasteiger partial charge >= 0.3 is 5.97 Å². The van der Waals surface area contributed by atoms with Gasteiger partial charge in [0, 0.05) is 5.02 Å². The molecule has 3 rings (SSSR count). The molecule has 2 aromatic heterocycles. The fourth-order valence-electron chi connectivity index (χ4n) is 2.14. The number of aliphatic imine (C=N–C) groups is 1. The maximum absolute atomic E-state index is 11.9. The summed E-state index contributed by atoms with van der Waals surface area (Å²) in [4.78, 5) is 16.1. The summed E-state index contributed by atoms with van der Waals surface area (Å²) in [5.74, 6) is -0.411. The van der Waals surface area contributed by atoms with Gasteiger partial charge in [0.25, 0.3) is 0 Å². The fourth-order valence-corrected chi connectivity index (χ4v) is 2.32. The van der Waals surface area contributed by atoms with Gasteiger partial charge in [-0.3, -0.25) is 0 Å². The molecule has 0 unspecified atom stereocenters. The first-order valence-electron chi connectivity index (χ1n) is 7.28. The van der Waals surface area contributed by atoms with E-state index in [1.807, 2.05) is 0 Å². The number of hydrogen-bond acceptors (Lipinski definition) is 7. The molecule has 4 N–H and O–H groups in total. The Morgan fingerprint density at radius 2 is 2.20 bits per heavy atom. The number of ether oxygens (including phenoxy) is 1. The molecule has 0 atom stereocenters. The molecule has 0 amide bonds. The lowest BCUT2D eigenvalue weighted by Crippen LogP contribution is -2.20. The van der Waals surface area contributed by atoms with Crippen molar-refractivity contribution in [1.82, 2.24) is 19.8 Å². The zero-order valence-electron chi connectivity index (χ0n) is 13.2. The molecule has 0 aliphatic carbocycles. The van der Waals surface area contributed by atoms with Gasteiger partial charge in [-0.2, -0.15) is 9.61 Å². The molecule has 2 heterocycles. The summed E-state index contributed by atoms with van der Waals surface area (Å²) in [5.41, 5.74) is 13.1. The van der Waals surface area contributed by atoms with Crippen LogP contribution >= 0.6 is 11.6 Å². The molecular weight excluding hydrogens is 346 g/mol. The van der Waals surface area contributed by atoms with Crippen molar-refractivity contribution in [2.24, 2.45) is 10.7 Å². The number of esters is 1. The first kappa shape index (κ1) is 16.7. The van der Waals surface area contributed by atoms with Gasteiger partial charge in [0.05, 0.1) is 18.5 Å². The molecule has 0 fully saturated rings. The van der Waals surface area contributed by atoms with Crippen LogP contribution in [0.4, 0.5) is 11.5 Å². The number of hydrogen-bond donors (Lipinski definition) is 2. The molecule has 128 valence electrons. The molecular formula is C15H14ClN7O2. The second-order valence-corrected chi connectivity index (χ2v) is 5.36. The Hall–Kier alpha value is -3.20. The lowest BCUT2D eigenvalue weighted by Gasteiger charge is -2.06. The topological polar surface area (TPSA) is 134 Å². The van der Waals surface area contributed by atoms with Gasteiger partial charge in [-0.05, 0) is 25.1 Å². The highest BCUT2D eigenvalue weighted by Crippen LogP contribution is 2.20. The lowest BCUT2D eigenvalue weighted by molar-refractivity contribution is 0.0528. The van der Waals surface area contributed by atoms with Crippen LogP contribution in [0.3, 0.4) is 0 Å². The summed E-state index contributed by atoms with van der Waals surface area (Å²) in [6.45, 7) is 1.94. The Morgan fingerprint density at radius 3 is 2.92 bits per heavy atom. The molecule has 1 aromatic carbocycles. The van der Waals surface area contributed by atoms with E-state index in [2.05, 4.69) is 20.3 Å². The highest BCUT2D eigenvalue weighted by Gasteiger charge is 2.19. The van der Waals surface area contributed by atoms with E-state index in [1.54, 1.807) is 31.2 Å². The molecule has 0 bridgehead atoms. The minimum absolute atomic E-state index is 0.0438. The van der Waals surface area contributed by atoms with E-state index in [0.717, 1.165) is 0 Å². The number of benzene rings is 1. The third-order valence-corrected chi connectivity index (χ3v) is 3.49. The number of anilines is 1. The quantitative estimate of drug-likeness (QED) is 0.410. The third kappa shape index (κ3) is 3.22. The molecule has 0 aliphatic heterocycles. The number of halogens is 1. The standard InChI is InChI=1S/C15H14ClN7O2/c1-2-25-15(24)10-7-19-23-13(18)11(21-22-14(10)23)12(17)20-9-5-3-4-8(16)6-9/h3-7H,2,18H2,1H3,(H2,17,20). The number of carbonyl (C=O) groups excluding carboxylic acids is 1. The number of carbonyl (C=O) groups is 1. The van der Waals surface area contributed by atoms with Crippen LogP contribution in [-0.4, -0.2) is 38.2 Å². The summed E-state index contributed by atoms with van der Waals surface area (Å²) in [5, 5.41) is 12.5. The van der Waals surface area contributed by atoms with Crippen LogP contribution in [0.15, 0.2) is 35.5 Å².